The van der Waals surface area contributed by atoms with Gasteiger partial charge in [0, 0.05) is 11.1 Å². The summed E-state index contributed by atoms with van der Waals surface area (Å²) >= 11 is 6.23. The molecule has 0 saturated carbocycles. The molecule has 1 aliphatic rings. The van der Waals surface area contributed by atoms with E-state index in [1.165, 1.54) is 19.3 Å². The van der Waals surface area contributed by atoms with Gasteiger partial charge in [-0.15, -0.1) is 0 Å². The van der Waals surface area contributed by atoms with Crippen molar-refractivity contribution < 1.29 is 0 Å². The zero-order chi connectivity index (χ0) is 8.70. The van der Waals surface area contributed by atoms with Crippen molar-refractivity contribution in [2.45, 2.75) is 58.0 Å². The van der Waals surface area contributed by atoms with E-state index in [1.54, 1.807) is 0 Å². The third-order valence-corrected chi connectivity index (χ3v) is 3.56. The molecule has 1 nitrogen and oxygen atoms in total. The van der Waals surface area contributed by atoms with E-state index in [-0.39, 0.29) is 53.0 Å². The fourth-order valence-corrected chi connectivity index (χ4v) is 2.14. The summed E-state index contributed by atoms with van der Waals surface area (Å²) in [4.78, 5) is 0. The molecule has 0 radical (unpaired) electrons. The molecule has 13 heavy (non-hydrogen) atoms. The van der Waals surface area contributed by atoms with Crippen LogP contribution < -0.4 is 0 Å². The smallest absolute Gasteiger partial charge is 0.316 e. The molecule has 1 heterocycles. The predicted molar refractivity (Wildman–Crippen MR) is 65.4 cm³/mol. The van der Waals surface area contributed by atoms with E-state index in [9.17, 15) is 0 Å². The molecule has 1 aliphatic heterocycles. The van der Waals surface area contributed by atoms with Crippen molar-refractivity contribution in [3.05, 3.63) is 0 Å². The van der Waals surface area contributed by atoms with Crippen LogP contribution in [0.4, 0.5) is 0 Å². The average molecular weight is 210 g/mol. The van der Waals surface area contributed by atoms with Gasteiger partial charge in [0.25, 0.3) is 0 Å². The van der Waals surface area contributed by atoms with Gasteiger partial charge in [-0.1, -0.05) is 0 Å². The number of hydrogen-bond donors (Lipinski definition) is 0. The van der Waals surface area contributed by atoms with Gasteiger partial charge in [-0.05, 0) is 58.7 Å². The monoisotopic (exact) mass is 209 g/mol. The second-order valence-electron chi connectivity index (χ2n) is 4.76. The molecule has 0 spiro atoms. The van der Waals surface area contributed by atoms with Gasteiger partial charge in [-0.2, -0.15) is 0 Å². The van der Waals surface area contributed by atoms with Crippen LogP contribution in [-0.2, 0) is 0 Å². The molecule has 4 heteroatoms. The summed E-state index contributed by atoms with van der Waals surface area (Å²) in [6.07, 6.45) is 3.71. The van der Waals surface area contributed by atoms with Gasteiger partial charge < -0.3 is 0 Å². The Kier molecular flexibility index (Phi) is 7.37. The molecule has 0 unspecified atom stereocenters. The summed E-state index contributed by atoms with van der Waals surface area (Å²) in [6.45, 7) is 8.84. The van der Waals surface area contributed by atoms with E-state index in [4.69, 9.17) is 11.8 Å². The Hall–Kier alpha value is 1.61. The summed E-state index contributed by atoms with van der Waals surface area (Å²) in [5.41, 5.74) is 0.340. The van der Waals surface area contributed by atoms with Crippen molar-refractivity contribution in [1.82, 2.24) is 4.42 Å². The molecule has 0 N–H and O–H groups in total. The second kappa shape index (κ2) is 5.63. The average Bonchev–Trinajstić information content (AvgIpc) is 1.82. The Bertz CT molecular complexity index is 146. The zero-order valence-electron chi connectivity index (χ0n) is 7.95. The molecule has 1 saturated heterocycles. The van der Waals surface area contributed by atoms with Crippen LogP contribution in [0.3, 0.4) is 0 Å². The van der Waals surface area contributed by atoms with Crippen molar-refractivity contribution in [2.24, 2.45) is 0 Å². The summed E-state index contributed by atoms with van der Waals surface area (Å²) in [5, 5.41) is 0. The van der Waals surface area contributed by atoms with Gasteiger partial charge in [0.15, 0.2) is 0 Å². The topological polar surface area (TPSA) is 3.24 Å². The van der Waals surface area contributed by atoms with Crippen LogP contribution in [0.15, 0.2) is 0 Å². The summed E-state index contributed by atoms with van der Waals surface area (Å²) in [5.74, 6) is 0. The normalized spacial score (nSPS) is 25.6. The van der Waals surface area contributed by atoms with Crippen molar-refractivity contribution >= 4 is 53.7 Å². The summed E-state index contributed by atoms with van der Waals surface area (Å²) < 4.78 is 1.99. The van der Waals surface area contributed by atoms with Crippen molar-refractivity contribution in [1.29, 1.82) is 0 Å². The summed E-state index contributed by atoms with van der Waals surface area (Å²) in [7, 11) is 0. The van der Waals surface area contributed by atoms with Crippen molar-refractivity contribution in [3.63, 3.8) is 0 Å². The minimum absolute atomic E-state index is 0. The molecule has 72 valence electrons. The molecule has 0 aromatic heterocycles. The van der Waals surface area contributed by atoms with E-state index in [0.29, 0.717) is 0 Å². The number of nitrogens with zero attached hydrogens (tertiary/aromatic N) is 1. The number of rotatable bonds is 0. The van der Waals surface area contributed by atoms with E-state index in [0.717, 1.165) is 0 Å². The molecule has 1 fully saturated rings. The van der Waals surface area contributed by atoms with Crippen LogP contribution in [-0.4, -0.2) is 57.4 Å². The molecule has 0 aromatic rings. The predicted octanol–water partition coefficient (Wildman–Crippen LogP) is 1.62. The van der Waals surface area contributed by atoms with Gasteiger partial charge in [0.1, 0.15) is 0 Å². The number of piperidine rings is 1. The number of halogens is 1. The van der Waals surface area contributed by atoms with Gasteiger partial charge in [-0.25, -0.2) is 4.42 Å². The Morgan fingerprint density at radius 3 is 1.54 bits per heavy atom. The minimum atomic E-state index is 0. The molecule has 1 rings (SSSR count). The Morgan fingerprint density at radius 2 is 1.31 bits per heavy atom. The third-order valence-electron chi connectivity index (χ3n) is 2.64. The van der Waals surface area contributed by atoms with Crippen LogP contribution in [0.5, 0.6) is 0 Å². The Balaban J connectivity index is 0. The third kappa shape index (κ3) is 3.93. The van der Waals surface area contributed by atoms with Crippen molar-refractivity contribution in [3.8, 4) is 0 Å². The van der Waals surface area contributed by atoms with Gasteiger partial charge in [-0.3, -0.25) is 0 Å². The molecular weight excluding hydrogens is 189 g/mol. The Morgan fingerprint density at radius 1 is 1.00 bits per heavy atom. The van der Waals surface area contributed by atoms with Gasteiger partial charge in [0.2, 0.25) is 0 Å². The van der Waals surface area contributed by atoms with Gasteiger partial charge >= 0.3 is 41.9 Å². The fraction of sp³-hybridized carbons (Fsp3) is 1.00. The maximum absolute atomic E-state index is 6.23. The fourth-order valence-electron chi connectivity index (χ4n) is 1.97. The van der Waals surface area contributed by atoms with Crippen LogP contribution in [0.2, 0.25) is 0 Å². The van der Waals surface area contributed by atoms with E-state index in [2.05, 4.69) is 27.7 Å². The van der Waals surface area contributed by atoms with Crippen LogP contribution in [0, 0.1) is 0 Å². The SMILES string of the molecule is CC1(C)CCCC(C)(C)N1Cl.[LiH].[MgH2]. The van der Waals surface area contributed by atoms with Gasteiger partial charge in [0.05, 0.1) is 0 Å². The quantitative estimate of drug-likeness (QED) is 0.433. The maximum Gasteiger partial charge on any atom is 0.316 e. The largest absolute Gasteiger partial charge is 0.316 e. The Labute approximate surface area is 115 Å². The first-order valence-electron chi connectivity index (χ1n) is 4.32. The molecule has 0 atom stereocenters. The minimum Gasteiger partial charge on any atom is 0.316 e. The maximum atomic E-state index is 6.23. The van der Waals surface area contributed by atoms with E-state index in [1.807, 2.05) is 4.42 Å². The summed E-state index contributed by atoms with van der Waals surface area (Å²) in [6, 6.07) is 0. The van der Waals surface area contributed by atoms with E-state index < -0.39 is 0 Å². The molecule has 0 bridgehead atoms. The molecule has 0 amide bonds. The van der Waals surface area contributed by atoms with E-state index >= 15 is 0 Å². The standard InChI is InChI=1S/C9H18ClN.Li.Mg.3H/c1-8(2)6-5-7-9(3,4)11(8)10;;;;;/h5-7H2,1-4H3;;;;;. The molecular formula is C9H21ClLiMgN. The van der Waals surface area contributed by atoms with Crippen LogP contribution in [0.1, 0.15) is 47.0 Å². The molecule has 0 aliphatic carbocycles. The first-order chi connectivity index (χ1) is 4.86. The van der Waals surface area contributed by atoms with Crippen LogP contribution in [0.25, 0.3) is 0 Å². The zero-order valence-corrected chi connectivity index (χ0v) is 8.70. The van der Waals surface area contributed by atoms with Crippen LogP contribution >= 0.6 is 11.8 Å². The van der Waals surface area contributed by atoms with Crippen molar-refractivity contribution in [2.75, 3.05) is 0 Å². The first kappa shape index (κ1) is 17.0. The molecule has 0 aromatic carbocycles. The number of hydrogen-bond acceptors (Lipinski definition) is 1. The first-order valence-corrected chi connectivity index (χ1v) is 4.66. The second-order valence-corrected chi connectivity index (χ2v) is 5.10.